The van der Waals surface area contributed by atoms with Gasteiger partial charge in [-0.25, -0.2) is 4.57 Å². The number of nitrogens with zero attached hydrogens (tertiary/aromatic N) is 1. The Morgan fingerprint density at radius 3 is 1.77 bits per heavy atom. The second kappa shape index (κ2) is 6.42. The summed E-state index contributed by atoms with van der Waals surface area (Å²) in [5.41, 5.74) is -0.331. The van der Waals surface area contributed by atoms with E-state index in [9.17, 15) is 9.59 Å². The van der Waals surface area contributed by atoms with Gasteiger partial charge in [0.1, 0.15) is 5.75 Å². The van der Waals surface area contributed by atoms with Crippen LogP contribution in [0.2, 0.25) is 0 Å². The van der Waals surface area contributed by atoms with Crippen molar-refractivity contribution in [2.45, 2.75) is 0 Å². The normalized spacial score (nSPS) is 11.0. The summed E-state index contributed by atoms with van der Waals surface area (Å²) in [5.74, 6) is 0.443. The predicted octanol–water partition coefficient (Wildman–Crippen LogP) is 4.28. The van der Waals surface area contributed by atoms with Gasteiger partial charge in [0.15, 0.2) is 0 Å². The molecule has 0 saturated carbocycles. The third kappa shape index (κ3) is 2.52. The van der Waals surface area contributed by atoms with Crippen molar-refractivity contribution in [2.75, 3.05) is 7.11 Å². The van der Waals surface area contributed by atoms with Gasteiger partial charge in [-0.1, -0.05) is 52.3 Å². The van der Waals surface area contributed by atoms with Crippen molar-refractivity contribution in [3.63, 3.8) is 0 Å². The van der Waals surface area contributed by atoms with E-state index in [2.05, 4.69) is 15.9 Å². The minimum atomic E-state index is -0.373. The molecule has 0 aliphatic rings. The Bertz CT molecular complexity index is 1210. The molecule has 0 atom stereocenters. The molecule has 5 heteroatoms. The van der Waals surface area contributed by atoms with Crippen LogP contribution in [0.5, 0.6) is 5.75 Å². The van der Waals surface area contributed by atoms with Gasteiger partial charge in [-0.15, -0.1) is 0 Å². The van der Waals surface area contributed by atoms with Crippen LogP contribution in [-0.4, -0.2) is 11.7 Å². The molecule has 0 unspecified atom stereocenters. The zero-order chi connectivity index (χ0) is 18.3. The van der Waals surface area contributed by atoms with E-state index in [-0.39, 0.29) is 11.1 Å². The number of aromatic nitrogens is 1. The van der Waals surface area contributed by atoms with Crippen molar-refractivity contribution in [1.82, 2.24) is 4.57 Å². The van der Waals surface area contributed by atoms with Crippen LogP contribution in [0, 0.1) is 0 Å². The van der Waals surface area contributed by atoms with Crippen molar-refractivity contribution in [3.8, 4) is 11.4 Å². The summed E-state index contributed by atoms with van der Waals surface area (Å²) >= 11 is 3.39. The fourth-order valence-electron chi connectivity index (χ4n) is 3.20. The topological polar surface area (TPSA) is 48.3 Å². The number of hydrogen-bond donors (Lipinski definition) is 0. The molecular weight excluding hydrogens is 394 g/mol. The first-order chi connectivity index (χ1) is 12.6. The highest BCUT2D eigenvalue weighted by Crippen LogP contribution is 2.26. The van der Waals surface area contributed by atoms with E-state index in [1.807, 2.05) is 24.3 Å². The molecule has 0 amide bonds. The van der Waals surface area contributed by atoms with Gasteiger partial charge in [-0.05, 0) is 41.1 Å². The molecule has 0 spiro atoms. The summed E-state index contributed by atoms with van der Waals surface area (Å²) in [6.07, 6.45) is 0. The number of fused-ring (bicyclic) bond motifs is 3. The Kier molecular flexibility index (Phi) is 4.09. The molecule has 0 fully saturated rings. The first-order valence-electron chi connectivity index (χ1n) is 8.02. The third-order valence-corrected chi connectivity index (χ3v) is 4.89. The van der Waals surface area contributed by atoms with Gasteiger partial charge in [-0.3, -0.25) is 9.59 Å². The molecule has 26 heavy (non-hydrogen) atoms. The fourth-order valence-corrected chi connectivity index (χ4v) is 3.54. The van der Waals surface area contributed by atoms with E-state index in [0.717, 1.165) is 15.2 Å². The van der Waals surface area contributed by atoms with Crippen LogP contribution in [0.15, 0.2) is 80.8 Å². The van der Waals surface area contributed by atoms with Gasteiger partial charge in [0.2, 0.25) is 0 Å². The molecule has 0 aliphatic heterocycles. The van der Waals surface area contributed by atoms with Crippen molar-refractivity contribution in [1.29, 1.82) is 0 Å². The van der Waals surface area contributed by atoms with Gasteiger partial charge < -0.3 is 4.74 Å². The lowest BCUT2D eigenvalue weighted by molar-refractivity contribution is 0.412. The second-order valence-electron chi connectivity index (χ2n) is 5.85. The number of methoxy groups -OCH3 is 1. The summed E-state index contributed by atoms with van der Waals surface area (Å²) in [7, 11) is 1.51. The van der Waals surface area contributed by atoms with Gasteiger partial charge in [0.05, 0.1) is 12.8 Å². The predicted molar refractivity (Wildman–Crippen MR) is 108 cm³/mol. The number of rotatable bonds is 2. The number of hydrogen-bond acceptors (Lipinski definition) is 3. The SMILES string of the molecule is COc1cc(Br)ccc1-n1c(=O)c2ccccc2c2ccccc2c1=O. The summed E-state index contributed by atoms with van der Waals surface area (Å²) in [5, 5.41) is 2.46. The average Bonchev–Trinajstić information content (AvgIpc) is 2.77. The molecule has 1 aromatic heterocycles. The fraction of sp³-hybridized carbons (Fsp3) is 0.0476. The van der Waals surface area contributed by atoms with Crippen LogP contribution in [0.4, 0.5) is 0 Å². The molecule has 4 aromatic rings. The summed E-state index contributed by atoms with van der Waals surface area (Å²) < 4.78 is 7.41. The Labute approximate surface area is 157 Å². The van der Waals surface area contributed by atoms with Gasteiger partial charge in [0.25, 0.3) is 11.1 Å². The molecule has 128 valence electrons. The van der Waals surface area contributed by atoms with E-state index in [1.54, 1.807) is 42.5 Å². The van der Waals surface area contributed by atoms with Gasteiger partial charge >= 0.3 is 0 Å². The smallest absolute Gasteiger partial charge is 0.266 e. The highest BCUT2D eigenvalue weighted by Gasteiger charge is 2.15. The van der Waals surface area contributed by atoms with Crippen LogP contribution in [0.3, 0.4) is 0 Å². The standard InChI is InChI=1S/C21H14BrNO3/c1-26-19-12-13(22)10-11-18(19)23-20(24)16-8-4-2-6-14(16)15-7-3-5-9-17(15)21(23)25/h2-12H,1H3. The molecule has 4 rings (SSSR count). The summed E-state index contributed by atoms with van der Waals surface area (Å²) in [4.78, 5) is 26.6. The molecule has 0 aliphatic carbocycles. The van der Waals surface area contributed by atoms with E-state index >= 15 is 0 Å². The number of ether oxygens (including phenoxy) is 1. The lowest BCUT2D eigenvalue weighted by Gasteiger charge is -2.09. The highest BCUT2D eigenvalue weighted by molar-refractivity contribution is 9.10. The number of halogens is 1. The molecule has 1 heterocycles. The van der Waals surface area contributed by atoms with E-state index < -0.39 is 0 Å². The lowest BCUT2D eigenvalue weighted by atomic mass is 10.1. The highest BCUT2D eigenvalue weighted by atomic mass is 79.9. The maximum Gasteiger partial charge on any atom is 0.266 e. The van der Waals surface area contributed by atoms with Crippen molar-refractivity contribution < 1.29 is 4.74 Å². The van der Waals surface area contributed by atoms with E-state index in [0.29, 0.717) is 22.2 Å². The molecule has 0 saturated heterocycles. The minimum Gasteiger partial charge on any atom is -0.495 e. The number of benzene rings is 3. The van der Waals surface area contributed by atoms with Crippen LogP contribution >= 0.6 is 15.9 Å². The molecular formula is C21H14BrNO3. The third-order valence-electron chi connectivity index (χ3n) is 4.39. The molecule has 0 bridgehead atoms. The summed E-state index contributed by atoms with van der Waals surface area (Å²) in [6, 6.07) is 19.7. The van der Waals surface area contributed by atoms with Crippen LogP contribution < -0.4 is 15.9 Å². The first kappa shape index (κ1) is 16.5. The Hall–Kier alpha value is -2.92. The first-order valence-corrected chi connectivity index (χ1v) is 8.82. The average molecular weight is 408 g/mol. The Balaban J connectivity index is 2.31. The van der Waals surface area contributed by atoms with Crippen molar-refractivity contribution >= 4 is 37.5 Å². The largest absolute Gasteiger partial charge is 0.495 e. The minimum absolute atomic E-state index is 0.373. The van der Waals surface area contributed by atoms with E-state index in [1.165, 1.54) is 11.7 Å². The van der Waals surface area contributed by atoms with Gasteiger partial charge in [0, 0.05) is 15.2 Å². The van der Waals surface area contributed by atoms with Crippen LogP contribution in [0.25, 0.3) is 27.2 Å². The molecule has 0 radical (unpaired) electrons. The molecule has 4 nitrogen and oxygen atoms in total. The van der Waals surface area contributed by atoms with Crippen LogP contribution in [-0.2, 0) is 0 Å². The monoisotopic (exact) mass is 407 g/mol. The molecule has 0 N–H and O–H groups in total. The zero-order valence-corrected chi connectivity index (χ0v) is 15.5. The van der Waals surface area contributed by atoms with Crippen LogP contribution in [0.1, 0.15) is 0 Å². The zero-order valence-electron chi connectivity index (χ0n) is 13.9. The maximum atomic E-state index is 13.3. The summed E-state index contributed by atoms with van der Waals surface area (Å²) in [6.45, 7) is 0. The lowest BCUT2D eigenvalue weighted by Crippen LogP contribution is -2.28. The van der Waals surface area contributed by atoms with Crippen molar-refractivity contribution in [3.05, 3.63) is 91.9 Å². The molecule has 3 aromatic carbocycles. The van der Waals surface area contributed by atoms with Crippen molar-refractivity contribution in [2.24, 2.45) is 0 Å². The Morgan fingerprint density at radius 2 is 1.27 bits per heavy atom. The quantitative estimate of drug-likeness (QED) is 0.498. The second-order valence-corrected chi connectivity index (χ2v) is 6.77. The Morgan fingerprint density at radius 1 is 0.769 bits per heavy atom. The maximum absolute atomic E-state index is 13.3. The van der Waals surface area contributed by atoms with Gasteiger partial charge in [-0.2, -0.15) is 0 Å². The van der Waals surface area contributed by atoms with E-state index in [4.69, 9.17) is 4.74 Å².